The Balaban J connectivity index is 0.00000507. The number of ketones is 1. The van der Waals surface area contributed by atoms with Crippen LogP contribution < -0.4 is 24.3 Å². The molecule has 0 saturated heterocycles. The summed E-state index contributed by atoms with van der Waals surface area (Å²) in [5.74, 6) is -0.863. The first-order chi connectivity index (χ1) is 17.7. The number of methoxy groups -OCH3 is 2. The van der Waals surface area contributed by atoms with Crippen molar-refractivity contribution in [3.8, 4) is 23.0 Å². The van der Waals surface area contributed by atoms with Crippen LogP contribution in [0.3, 0.4) is 0 Å². The molecule has 0 fully saturated rings. The molecule has 0 bridgehead atoms. The molecule has 12 heteroatoms. The van der Waals surface area contributed by atoms with Gasteiger partial charge in [-0.15, -0.1) is 17.0 Å². The molecule has 1 aliphatic rings. The number of benzene rings is 2. The van der Waals surface area contributed by atoms with Gasteiger partial charge in [-0.05, 0) is 43.2 Å². The largest absolute Gasteiger partial charge is 0.493 e. The van der Waals surface area contributed by atoms with Crippen molar-refractivity contribution in [2.24, 2.45) is 0 Å². The van der Waals surface area contributed by atoms with Crippen LogP contribution in [0, 0.1) is 5.41 Å². The fraction of sp³-hybridized carbons (Fsp3) is 0.385. The van der Waals surface area contributed by atoms with Crippen LogP contribution >= 0.6 is 17.0 Å². The van der Waals surface area contributed by atoms with Gasteiger partial charge in [0.15, 0.2) is 23.4 Å². The van der Waals surface area contributed by atoms with E-state index in [1.54, 1.807) is 24.0 Å². The molecule has 11 nitrogen and oxygen atoms in total. The Labute approximate surface area is 231 Å². The van der Waals surface area contributed by atoms with Crippen molar-refractivity contribution in [1.82, 2.24) is 10.2 Å². The number of Topliss-reactive ketones (excluding diaryl/α,β-unsaturated/α-hetero) is 1. The van der Waals surface area contributed by atoms with Crippen LogP contribution in [0.2, 0.25) is 0 Å². The van der Waals surface area contributed by atoms with Crippen LogP contribution in [0.5, 0.6) is 23.0 Å². The van der Waals surface area contributed by atoms with E-state index in [1.165, 1.54) is 33.4 Å². The molecule has 1 heterocycles. The molecule has 38 heavy (non-hydrogen) atoms. The summed E-state index contributed by atoms with van der Waals surface area (Å²) in [7, 11) is 4.28. The van der Waals surface area contributed by atoms with Crippen molar-refractivity contribution >= 4 is 40.5 Å². The van der Waals surface area contributed by atoms with Gasteiger partial charge in [0.2, 0.25) is 5.75 Å². The lowest BCUT2D eigenvalue weighted by Crippen LogP contribution is -2.30. The molecular weight excluding hydrogens is 562 g/mol. The van der Waals surface area contributed by atoms with E-state index in [2.05, 4.69) is 5.32 Å². The van der Waals surface area contributed by atoms with Crippen LogP contribution in [0.15, 0.2) is 24.3 Å². The number of carboxylic acids is 1. The maximum absolute atomic E-state index is 13.2. The molecule has 0 spiro atoms. The number of halogens is 1. The quantitative estimate of drug-likeness (QED) is 0.315. The summed E-state index contributed by atoms with van der Waals surface area (Å²) < 4.78 is 22.0. The van der Waals surface area contributed by atoms with Crippen molar-refractivity contribution in [3.63, 3.8) is 0 Å². The minimum absolute atomic E-state index is 0. The van der Waals surface area contributed by atoms with Crippen LogP contribution in [0.4, 0.5) is 0 Å². The Morgan fingerprint density at radius 2 is 1.71 bits per heavy atom. The van der Waals surface area contributed by atoms with Gasteiger partial charge >= 0.3 is 5.97 Å². The molecule has 0 radical (unpaired) electrons. The van der Waals surface area contributed by atoms with E-state index in [0.29, 0.717) is 30.0 Å². The minimum Gasteiger partial charge on any atom is -0.493 e. The second kappa shape index (κ2) is 13.1. The number of hydrogen-bond acceptors (Lipinski definition) is 8. The number of carbonyl (C=O) groups is 3. The Morgan fingerprint density at radius 1 is 1.08 bits per heavy atom. The normalized spacial score (nSPS) is 12.7. The number of carbonyl (C=O) groups excluding carboxylic acids is 2. The van der Waals surface area contributed by atoms with Gasteiger partial charge in [-0.1, -0.05) is 6.92 Å². The number of amides is 1. The molecule has 2 aromatic rings. The SMILES string of the molecule is Br.CCOc1cc2c(cc1C(=O)NC)C(=N)N(CC(=O)c1cc(OC)c(OC(CC)C(=O)O)c(OC)c1)C2. The molecule has 0 aliphatic carbocycles. The van der Waals surface area contributed by atoms with E-state index < -0.39 is 12.1 Å². The van der Waals surface area contributed by atoms with Crippen LogP contribution in [-0.4, -0.2) is 74.0 Å². The molecule has 1 aliphatic heterocycles. The number of rotatable bonds is 12. The van der Waals surface area contributed by atoms with Crippen LogP contribution in [-0.2, 0) is 11.3 Å². The van der Waals surface area contributed by atoms with Gasteiger partial charge in [0, 0.05) is 24.7 Å². The van der Waals surface area contributed by atoms with Gasteiger partial charge in [-0.3, -0.25) is 15.0 Å². The second-order valence-electron chi connectivity index (χ2n) is 8.21. The number of carboxylic acid groups (broad SMARTS) is 1. The summed E-state index contributed by atoms with van der Waals surface area (Å²) in [6.07, 6.45) is -0.902. The fourth-order valence-electron chi connectivity index (χ4n) is 4.02. The molecular formula is C26H32BrN3O8. The molecule has 206 valence electrons. The monoisotopic (exact) mass is 593 g/mol. The zero-order valence-corrected chi connectivity index (χ0v) is 23.6. The molecule has 2 aromatic carbocycles. The van der Waals surface area contributed by atoms with Gasteiger partial charge in [0.05, 0.1) is 32.9 Å². The van der Waals surface area contributed by atoms with E-state index in [4.69, 9.17) is 24.4 Å². The fourth-order valence-corrected chi connectivity index (χ4v) is 4.02. The van der Waals surface area contributed by atoms with Crippen molar-refractivity contribution < 1.29 is 38.4 Å². The number of aliphatic carboxylic acids is 1. The van der Waals surface area contributed by atoms with Crippen molar-refractivity contribution in [2.75, 3.05) is 34.4 Å². The Morgan fingerprint density at radius 3 is 2.21 bits per heavy atom. The van der Waals surface area contributed by atoms with E-state index in [-0.39, 0.29) is 70.3 Å². The summed E-state index contributed by atoms with van der Waals surface area (Å²) in [5, 5.41) is 20.5. The summed E-state index contributed by atoms with van der Waals surface area (Å²) >= 11 is 0. The first-order valence-electron chi connectivity index (χ1n) is 11.7. The number of nitrogens with one attached hydrogen (secondary N) is 2. The van der Waals surface area contributed by atoms with Gasteiger partial charge in [0.1, 0.15) is 11.6 Å². The Bertz CT molecular complexity index is 1210. The molecule has 1 unspecified atom stereocenters. The number of amidine groups is 1. The molecule has 1 amide bonds. The Hall–Kier alpha value is -3.80. The van der Waals surface area contributed by atoms with Crippen molar-refractivity contribution in [2.45, 2.75) is 32.9 Å². The number of hydrogen-bond donors (Lipinski definition) is 3. The highest BCUT2D eigenvalue weighted by Crippen LogP contribution is 2.40. The lowest BCUT2D eigenvalue weighted by Gasteiger charge is -2.20. The van der Waals surface area contributed by atoms with Crippen LogP contribution in [0.1, 0.15) is 52.1 Å². The van der Waals surface area contributed by atoms with E-state index in [0.717, 1.165) is 5.56 Å². The average molecular weight is 594 g/mol. The maximum atomic E-state index is 13.2. The molecule has 0 saturated carbocycles. The van der Waals surface area contributed by atoms with Crippen molar-refractivity contribution in [1.29, 1.82) is 5.41 Å². The highest BCUT2D eigenvalue weighted by molar-refractivity contribution is 8.93. The first-order valence-corrected chi connectivity index (χ1v) is 11.7. The van der Waals surface area contributed by atoms with Gasteiger partial charge in [-0.2, -0.15) is 0 Å². The summed E-state index contributed by atoms with van der Waals surface area (Å²) in [4.78, 5) is 38.6. The second-order valence-corrected chi connectivity index (χ2v) is 8.21. The smallest absolute Gasteiger partial charge is 0.344 e. The van der Waals surface area contributed by atoms with Gasteiger partial charge in [-0.25, -0.2) is 4.79 Å². The highest BCUT2D eigenvalue weighted by Gasteiger charge is 2.30. The van der Waals surface area contributed by atoms with Gasteiger partial charge < -0.3 is 34.3 Å². The summed E-state index contributed by atoms with van der Waals surface area (Å²) in [6.45, 7) is 4.04. The van der Waals surface area contributed by atoms with E-state index in [1.807, 2.05) is 6.92 Å². The van der Waals surface area contributed by atoms with E-state index in [9.17, 15) is 19.5 Å². The predicted molar refractivity (Wildman–Crippen MR) is 145 cm³/mol. The van der Waals surface area contributed by atoms with Crippen molar-refractivity contribution in [3.05, 3.63) is 46.5 Å². The zero-order chi connectivity index (χ0) is 27.3. The number of fused-ring (bicyclic) bond motifs is 1. The highest BCUT2D eigenvalue weighted by atomic mass is 79.9. The minimum atomic E-state index is -1.13. The zero-order valence-electron chi connectivity index (χ0n) is 21.9. The molecule has 3 rings (SSSR count). The number of nitrogens with zero attached hydrogens (tertiary/aromatic N) is 1. The molecule has 0 aromatic heterocycles. The third-order valence-corrected chi connectivity index (χ3v) is 5.93. The summed E-state index contributed by atoms with van der Waals surface area (Å²) in [6, 6.07) is 6.25. The lowest BCUT2D eigenvalue weighted by molar-refractivity contribution is -0.145. The summed E-state index contributed by atoms with van der Waals surface area (Å²) in [5.41, 5.74) is 1.88. The predicted octanol–water partition coefficient (Wildman–Crippen LogP) is 3.31. The van der Waals surface area contributed by atoms with Gasteiger partial charge in [0.25, 0.3) is 5.91 Å². The first kappa shape index (κ1) is 30.4. The molecule has 1 atom stereocenters. The molecule has 3 N–H and O–H groups in total. The van der Waals surface area contributed by atoms with Crippen LogP contribution in [0.25, 0.3) is 0 Å². The van der Waals surface area contributed by atoms with E-state index >= 15 is 0 Å². The maximum Gasteiger partial charge on any atom is 0.344 e. The number of ether oxygens (including phenoxy) is 4. The lowest BCUT2D eigenvalue weighted by atomic mass is 10.0. The average Bonchev–Trinajstić information content (AvgIpc) is 3.19. The third-order valence-electron chi connectivity index (χ3n) is 5.93. The standard InChI is InChI=1S/C26H31N3O8.BrH/c1-6-19(26(32)33)37-23-21(34-4)8-14(9-22(23)35-5)18(30)13-29-12-15-10-20(36-7-2)17(25(31)28-3)11-16(15)24(29)27;/h8-11,19,27H,6-7,12-13H2,1-5H3,(H,28,31)(H,32,33);1H. The Kier molecular flexibility index (Phi) is 10.5. The third kappa shape index (κ3) is 6.18. The topological polar surface area (TPSA) is 147 Å².